The number of aryl methyl sites for hydroxylation is 2. The van der Waals surface area contributed by atoms with Gasteiger partial charge in [0.05, 0.1) is 60.4 Å². The Morgan fingerprint density at radius 1 is 0.597 bits per heavy atom. The molecule has 0 aliphatic heterocycles. The third-order valence-corrected chi connectivity index (χ3v) is 15.3. The molecule has 24 heteroatoms. The number of carbonyl (C=O) groups excluding carboxylic acids is 2. The Bertz CT molecular complexity index is 2770. The highest BCUT2D eigenvalue weighted by Crippen LogP contribution is 2.42. The van der Waals surface area contributed by atoms with Crippen LogP contribution in [0, 0.1) is 0 Å². The molecule has 0 spiro atoms. The van der Waals surface area contributed by atoms with E-state index in [1.165, 1.54) is 49.4 Å². The predicted octanol–water partition coefficient (Wildman–Crippen LogP) is 4.36. The normalized spacial score (nSPS) is 13.9. The van der Waals surface area contributed by atoms with E-state index in [1.54, 1.807) is 47.8 Å². The van der Waals surface area contributed by atoms with Gasteiger partial charge in [-0.3, -0.25) is 9.59 Å². The smallest absolute Gasteiger partial charge is 0.431 e. The minimum Gasteiger partial charge on any atom is -1.00 e. The largest absolute Gasteiger partial charge is 1.00 e. The van der Waals surface area contributed by atoms with Crippen LogP contribution in [0.5, 0.6) is 11.5 Å². The van der Waals surface area contributed by atoms with Crippen LogP contribution in [-0.2, 0) is 30.1 Å². The first-order chi connectivity index (χ1) is 36.4. The van der Waals surface area contributed by atoms with Crippen LogP contribution in [-0.4, -0.2) is 84.8 Å². The summed E-state index contributed by atoms with van der Waals surface area (Å²) in [4.78, 5) is 29.2. The SMILES string of the molecule is COc1cc(N=Nc2sc(N(CCO)C3CCCCC3)n[n+]2C)c(NC(C)=O)cc1Nc1ccc(Cc2ccc(Nc3cc(NC(C)=O)c(N=Nc4sc(N(CCO)C5CCCCC5)n[n+]4C)cc3OC)cc2)cc1.[Cl-].[Cl-]. The number of aromatic nitrogens is 4. The molecule has 2 aliphatic rings. The number of nitrogens with one attached hydrogen (secondary N) is 4. The molecule has 6 aromatic rings. The van der Waals surface area contributed by atoms with Crippen LogP contribution >= 0.6 is 22.7 Å². The lowest BCUT2D eigenvalue weighted by Gasteiger charge is -2.32. The number of aliphatic hydroxyl groups is 2. The molecule has 2 saturated carbocycles. The highest BCUT2D eigenvalue weighted by atomic mass is 35.5. The zero-order valence-corrected chi connectivity index (χ0v) is 47.4. The number of methoxy groups -OCH3 is 2. The quantitative estimate of drug-likeness (QED) is 0.0412. The highest BCUT2D eigenvalue weighted by Gasteiger charge is 2.29. The summed E-state index contributed by atoms with van der Waals surface area (Å²) in [6, 6.07) is 23.9. The lowest BCUT2D eigenvalue weighted by atomic mass is 9.94. The topological polar surface area (TPSA) is 231 Å². The van der Waals surface area contributed by atoms with Gasteiger partial charge < -0.3 is 75.6 Å². The molecule has 412 valence electrons. The molecular formula is C53H68Cl2N14O6S2. The van der Waals surface area contributed by atoms with Crippen LogP contribution in [0.15, 0.2) is 93.3 Å². The van der Waals surface area contributed by atoms with E-state index in [-0.39, 0.29) is 49.8 Å². The lowest BCUT2D eigenvalue weighted by Crippen LogP contribution is -3.00. The predicted molar refractivity (Wildman–Crippen MR) is 294 cm³/mol. The summed E-state index contributed by atoms with van der Waals surface area (Å²) < 4.78 is 15.0. The monoisotopic (exact) mass is 1130 g/mol. The van der Waals surface area contributed by atoms with E-state index >= 15 is 0 Å². The van der Waals surface area contributed by atoms with Crippen molar-refractivity contribution in [2.45, 2.75) is 96.6 Å². The van der Waals surface area contributed by atoms with Gasteiger partial charge in [-0.1, -0.05) is 73.0 Å². The second-order valence-corrected chi connectivity index (χ2v) is 20.6. The van der Waals surface area contributed by atoms with Crippen molar-refractivity contribution in [1.29, 1.82) is 0 Å². The molecule has 0 radical (unpaired) electrons. The Morgan fingerprint density at radius 2 is 0.974 bits per heavy atom. The number of anilines is 8. The van der Waals surface area contributed by atoms with E-state index in [0.717, 1.165) is 84.1 Å². The first kappa shape index (κ1) is 59.7. The van der Waals surface area contributed by atoms with Gasteiger partial charge in [-0.25, -0.2) is 0 Å². The summed E-state index contributed by atoms with van der Waals surface area (Å²) in [6.45, 7) is 3.97. The molecule has 2 heterocycles. The van der Waals surface area contributed by atoms with E-state index in [1.807, 2.05) is 38.4 Å². The van der Waals surface area contributed by atoms with Gasteiger partial charge in [-0.05, 0) is 113 Å². The fraction of sp³-hybridized carbons (Fsp3) is 0.434. The van der Waals surface area contributed by atoms with Gasteiger partial charge in [0.2, 0.25) is 22.1 Å². The first-order valence-corrected chi connectivity index (χ1v) is 27.1. The van der Waals surface area contributed by atoms with Crippen molar-refractivity contribution in [3.8, 4) is 11.5 Å². The Balaban J connectivity index is 0.00000480. The molecule has 2 amide bonds. The molecule has 6 N–H and O–H groups in total. The third kappa shape index (κ3) is 15.8. The molecule has 0 saturated heterocycles. The van der Waals surface area contributed by atoms with E-state index in [4.69, 9.17) is 19.7 Å². The van der Waals surface area contributed by atoms with Crippen LogP contribution in [0.3, 0.4) is 0 Å². The van der Waals surface area contributed by atoms with Gasteiger partial charge in [0.1, 0.15) is 37.0 Å². The average Bonchev–Trinajstić information content (AvgIpc) is 3.98. The van der Waals surface area contributed by atoms with Crippen molar-refractivity contribution < 1.29 is 63.5 Å². The van der Waals surface area contributed by atoms with Crippen molar-refractivity contribution in [2.24, 2.45) is 34.6 Å². The van der Waals surface area contributed by atoms with Crippen molar-refractivity contribution in [1.82, 2.24) is 10.2 Å². The number of nitrogens with zero attached hydrogens (tertiary/aromatic N) is 10. The fourth-order valence-corrected chi connectivity index (χ4v) is 11.4. The number of carbonyl (C=O) groups is 2. The van der Waals surface area contributed by atoms with Gasteiger partial charge in [0.15, 0.2) is 0 Å². The number of aliphatic hydroxyl groups excluding tert-OH is 2. The Morgan fingerprint density at radius 3 is 1.31 bits per heavy atom. The molecule has 20 nitrogen and oxygen atoms in total. The average molecular weight is 1130 g/mol. The van der Waals surface area contributed by atoms with Crippen molar-refractivity contribution in [3.05, 3.63) is 83.9 Å². The molecule has 8 rings (SSSR count). The maximum Gasteiger partial charge on any atom is 0.431 e. The number of halogens is 2. The van der Waals surface area contributed by atoms with Crippen molar-refractivity contribution in [2.75, 3.05) is 71.6 Å². The zero-order chi connectivity index (χ0) is 52.8. The van der Waals surface area contributed by atoms with Crippen LogP contribution in [0.4, 0.5) is 66.0 Å². The van der Waals surface area contributed by atoms with Gasteiger partial charge in [-0.15, -0.1) is 9.36 Å². The Kier molecular flexibility index (Phi) is 22.3. The molecular weight excluding hydrogens is 1060 g/mol. The van der Waals surface area contributed by atoms with E-state index in [9.17, 15) is 19.8 Å². The maximum atomic E-state index is 12.4. The van der Waals surface area contributed by atoms with Crippen LogP contribution < -0.4 is 74.7 Å². The second-order valence-electron chi connectivity index (χ2n) is 18.7. The summed E-state index contributed by atoms with van der Waals surface area (Å²) in [7, 11) is 6.80. The van der Waals surface area contributed by atoms with Gasteiger partial charge in [-0.2, -0.15) is 0 Å². The Hall–Kier alpha value is -6.56. The van der Waals surface area contributed by atoms with Gasteiger partial charge in [0.25, 0.3) is 0 Å². The Labute approximate surface area is 469 Å². The highest BCUT2D eigenvalue weighted by molar-refractivity contribution is 7.18. The van der Waals surface area contributed by atoms with E-state index < -0.39 is 0 Å². The van der Waals surface area contributed by atoms with E-state index in [0.29, 0.717) is 87.5 Å². The van der Waals surface area contributed by atoms with Crippen molar-refractivity contribution in [3.63, 3.8) is 0 Å². The summed E-state index contributed by atoms with van der Waals surface area (Å²) in [5, 5.41) is 62.8. The number of ether oxygens (including phenoxy) is 2. The molecule has 2 aromatic heterocycles. The molecule has 77 heavy (non-hydrogen) atoms. The molecule has 0 atom stereocenters. The number of amides is 2. The summed E-state index contributed by atoms with van der Waals surface area (Å²) in [5.74, 6) is 0.500. The number of rotatable bonds is 22. The summed E-state index contributed by atoms with van der Waals surface area (Å²) >= 11 is 2.82. The van der Waals surface area contributed by atoms with Crippen LogP contribution in [0.2, 0.25) is 0 Å². The molecule has 0 bridgehead atoms. The summed E-state index contributed by atoms with van der Waals surface area (Å²) in [5.41, 5.74) is 6.83. The lowest BCUT2D eigenvalue weighted by molar-refractivity contribution is -0.712. The molecule has 2 fully saturated rings. The van der Waals surface area contributed by atoms with Crippen LogP contribution in [0.1, 0.15) is 89.2 Å². The zero-order valence-electron chi connectivity index (χ0n) is 44.3. The standard InChI is InChI=1S/C53H66N14O6S2.2ClH/c1-34(70)54-42-30-46(48(72-5)32-44(42)58-60-50-64(3)62-52(74-50)66(25-27-68)40-13-9-7-10-14-40)56-38-21-17-36(18-22-38)29-37-19-23-39(24-20-37)57-47-31-43(55-35(2)71)45(33-49(47)73-6)59-61-51-65(4)63-53(75-51)67(26-28-69)41-15-11-8-12-16-41;;/h17-24,30-33,40-41,68-69H,7-16,25-29H2,1-6H3,(H2,54,55,56,57,70,71);2*1H. The maximum absolute atomic E-state index is 12.4. The molecule has 4 aromatic carbocycles. The van der Waals surface area contributed by atoms with E-state index in [2.05, 4.69) is 75.8 Å². The minimum absolute atomic E-state index is 0. The first-order valence-electron chi connectivity index (χ1n) is 25.5. The fourth-order valence-electron chi connectivity index (χ4n) is 9.52. The van der Waals surface area contributed by atoms with Crippen LogP contribution in [0.25, 0.3) is 0 Å². The number of hydrogen-bond donors (Lipinski definition) is 6. The van der Waals surface area contributed by atoms with Crippen molar-refractivity contribution >= 4 is 101 Å². The second kappa shape index (κ2) is 28.7. The molecule has 2 aliphatic carbocycles. The number of benzene rings is 4. The van der Waals surface area contributed by atoms with Gasteiger partial charge in [0, 0.05) is 62.5 Å². The molecule has 0 unspecified atom stereocenters. The number of hydrogen-bond acceptors (Lipinski definition) is 18. The number of azo groups is 2. The third-order valence-electron chi connectivity index (χ3n) is 13.2. The summed E-state index contributed by atoms with van der Waals surface area (Å²) in [6.07, 6.45) is 12.1. The van der Waals surface area contributed by atoms with Gasteiger partial charge >= 0.3 is 10.3 Å². The minimum atomic E-state index is -0.258.